The Bertz CT molecular complexity index is 594. The third-order valence-electron chi connectivity index (χ3n) is 2.79. The van der Waals surface area contributed by atoms with Crippen molar-refractivity contribution in [1.82, 2.24) is 0 Å². The summed E-state index contributed by atoms with van der Waals surface area (Å²) in [6.07, 6.45) is 0.635. The van der Waals surface area contributed by atoms with E-state index in [0.29, 0.717) is 11.4 Å². The summed E-state index contributed by atoms with van der Waals surface area (Å²) >= 11 is 11.2. The van der Waals surface area contributed by atoms with E-state index in [9.17, 15) is 4.39 Å². The van der Waals surface area contributed by atoms with Crippen LogP contribution in [0.25, 0.3) is 0 Å². The topological polar surface area (TPSA) is 26.0 Å². The molecule has 0 bridgehead atoms. The van der Waals surface area contributed by atoms with Crippen LogP contribution in [0.15, 0.2) is 51.8 Å². The summed E-state index contributed by atoms with van der Waals surface area (Å²) in [5.41, 5.74) is 7.00. The van der Waals surface area contributed by atoms with Gasteiger partial charge in [-0.05, 0) is 52.2 Å². The van der Waals surface area contributed by atoms with Gasteiger partial charge in [-0.3, -0.25) is 0 Å². The van der Waals surface area contributed by atoms with Crippen LogP contribution in [-0.2, 0) is 6.42 Å². The lowest BCUT2D eigenvalue weighted by Gasteiger charge is -2.13. The van der Waals surface area contributed by atoms with Gasteiger partial charge in [-0.15, -0.1) is 11.8 Å². The Hall–Kier alpha value is -0.550. The number of hydrogen-bond acceptors (Lipinski definition) is 2. The molecule has 20 heavy (non-hydrogen) atoms. The summed E-state index contributed by atoms with van der Waals surface area (Å²) in [5.74, 6) is 0.450. The number of thioether (sulfide) groups is 1. The van der Waals surface area contributed by atoms with E-state index in [1.807, 2.05) is 24.3 Å². The molecule has 2 aromatic rings. The molecule has 106 valence electrons. The van der Waals surface area contributed by atoms with E-state index in [1.54, 1.807) is 17.8 Å². The smallest absolute Gasteiger partial charge is 0.124 e. The van der Waals surface area contributed by atoms with Gasteiger partial charge in [0.15, 0.2) is 0 Å². The zero-order chi connectivity index (χ0) is 14.5. The van der Waals surface area contributed by atoms with E-state index in [0.717, 1.165) is 20.7 Å². The second-order valence-corrected chi connectivity index (χ2v) is 6.76. The van der Waals surface area contributed by atoms with Crippen molar-refractivity contribution in [2.75, 3.05) is 5.75 Å². The van der Waals surface area contributed by atoms with Crippen LogP contribution in [0, 0.1) is 5.82 Å². The molecule has 2 N–H and O–H groups in total. The summed E-state index contributed by atoms with van der Waals surface area (Å²) in [6, 6.07) is 12.4. The SMILES string of the molecule is NC(CSc1ccccc1Br)Cc1ccc(F)cc1Cl. The number of benzene rings is 2. The van der Waals surface area contributed by atoms with Crippen LogP contribution in [0.2, 0.25) is 5.02 Å². The fourth-order valence-corrected chi connectivity index (χ4v) is 3.55. The lowest BCUT2D eigenvalue weighted by atomic mass is 10.1. The molecule has 2 rings (SSSR count). The van der Waals surface area contributed by atoms with Crippen molar-refractivity contribution in [3.8, 4) is 0 Å². The molecule has 0 saturated heterocycles. The Morgan fingerprint density at radius 3 is 2.70 bits per heavy atom. The molecule has 0 aromatic heterocycles. The van der Waals surface area contributed by atoms with Crippen LogP contribution >= 0.6 is 39.3 Å². The Labute approximate surface area is 135 Å². The average Bonchev–Trinajstić information content (AvgIpc) is 2.41. The van der Waals surface area contributed by atoms with Crippen LogP contribution in [0.1, 0.15) is 5.56 Å². The Balaban J connectivity index is 1.92. The van der Waals surface area contributed by atoms with Crippen molar-refractivity contribution >= 4 is 39.3 Å². The van der Waals surface area contributed by atoms with Gasteiger partial charge in [-0.2, -0.15) is 0 Å². The second kappa shape index (κ2) is 7.46. The maximum absolute atomic E-state index is 13.0. The zero-order valence-corrected chi connectivity index (χ0v) is 13.8. The highest BCUT2D eigenvalue weighted by Crippen LogP contribution is 2.28. The molecule has 0 spiro atoms. The number of halogens is 3. The van der Waals surface area contributed by atoms with Crippen molar-refractivity contribution in [2.24, 2.45) is 5.73 Å². The molecule has 0 radical (unpaired) electrons. The van der Waals surface area contributed by atoms with Crippen molar-refractivity contribution in [3.63, 3.8) is 0 Å². The number of hydrogen-bond donors (Lipinski definition) is 1. The summed E-state index contributed by atoms with van der Waals surface area (Å²) in [7, 11) is 0. The fraction of sp³-hybridized carbons (Fsp3) is 0.200. The van der Waals surface area contributed by atoms with Crippen molar-refractivity contribution in [2.45, 2.75) is 17.4 Å². The maximum atomic E-state index is 13.0. The van der Waals surface area contributed by atoms with Gasteiger partial charge < -0.3 is 5.73 Å². The van der Waals surface area contributed by atoms with Crippen molar-refractivity contribution < 1.29 is 4.39 Å². The molecule has 0 saturated carbocycles. The number of rotatable bonds is 5. The van der Waals surface area contributed by atoms with E-state index in [1.165, 1.54) is 12.1 Å². The summed E-state index contributed by atoms with van der Waals surface area (Å²) in [5, 5.41) is 0.436. The third-order valence-corrected chi connectivity index (χ3v) is 5.35. The van der Waals surface area contributed by atoms with Gasteiger partial charge in [-0.25, -0.2) is 4.39 Å². The summed E-state index contributed by atoms with van der Waals surface area (Å²) < 4.78 is 14.0. The average molecular weight is 375 g/mol. The van der Waals surface area contributed by atoms with E-state index in [2.05, 4.69) is 15.9 Å². The highest BCUT2D eigenvalue weighted by Gasteiger charge is 2.09. The monoisotopic (exact) mass is 373 g/mol. The van der Waals surface area contributed by atoms with E-state index < -0.39 is 0 Å². The Morgan fingerprint density at radius 2 is 2.00 bits per heavy atom. The predicted octanol–water partition coefficient (Wildman–Crippen LogP) is 4.90. The molecule has 0 aliphatic heterocycles. The lowest BCUT2D eigenvalue weighted by Crippen LogP contribution is -2.25. The van der Waals surface area contributed by atoms with Crippen LogP contribution < -0.4 is 5.73 Å². The first-order chi connectivity index (χ1) is 9.56. The molecule has 5 heteroatoms. The molecule has 0 fully saturated rings. The Kier molecular flexibility index (Phi) is 5.90. The van der Waals surface area contributed by atoms with Gasteiger partial charge in [0.1, 0.15) is 5.82 Å². The minimum atomic E-state index is -0.324. The second-order valence-electron chi connectivity index (χ2n) is 4.44. The minimum Gasteiger partial charge on any atom is -0.327 e. The van der Waals surface area contributed by atoms with Crippen molar-refractivity contribution in [3.05, 3.63) is 63.3 Å². The molecule has 1 unspecified atom stereocenters. The largest absolute Gasteiger partial charge is 0.327 e. The highest BCUT2D eigenvalue weighted by atomic mass is 79.9. The van der Waals surface area contributed by atoms with Gasteiger partial charge in [0.05, 0.1) is 0 Å². The summed E-state index contributed by atoms with van der Waals surface area (Å²) in [6.45, 7) is 0. The van der Waals surface area contributed by atoms with Crippen LogP contribution in [0.3, 0.4) is 0 Å². The van der Waals surface area contributed by atoms with Crippen molar-refractivity contribution in [1.29, 1.82) is 0 Å². The molecule has 1 nitrogen and oxygen atoms in total. The predicted molar refractivity (Wildman–Crippen MR) is 88.0 cm³/mol. The molecular formula is C15H14BrClFNS. The molecule has 0 aliphatic carbocycles. The van der Waals surface area contributed by atoms with Gasteiger partial charge in [0.2, 0.25) is 0 Å². The van der Waals surface area contributed by atoms with E-state index in [-0.39, 0.29) is 11.9 Å². The first-order valence-corrected chi connectivity index (χ1v) is 8.29. The van der Waals surface area contributed by atoms with Gasteiger partial charge >= 0.3 is 0 Å². The highest BCUT2D eigenvalue weighted by molar-refractivity contribution is 9.10. The van der Waals surface area contributed by atoms with Gasteiger partial charge in [0.25, 0.3) is 0 Å². The standard InChI is InChI=1S/C15H14BrClFNS/c16-13-3-1-2-4-15(13)20-9-12(19)7-10-5-6-11(18)8-14(10)17/h1-6,8,12H,7,9,19H2. The quantitative estimate of drug-likeness (QED) is 0.753. The van der Waals surface area contributed by atoms with Gasteiger partial charge in [0, 0.05) is 26.2 Å². The molecule has 0 heterocycles. The number of nitrogens with two attached hydrogens (primary N) is 1. The molecule has 2 aromatic carbocycles. The maximum Gasteiger partial charge on any atom is 0.124 e. The Morgan fingerprint density at radius 1 is 1.25 bits per heavy atom. The summed E-state index contributed by atoms with van der Waals surface area (Å²) in [4.78, 5) is 1.16. The van der Waals surface area contributed by atoms with Crippen LogP contribution in [-0.4, -0.2) is 11.8 Å². The fourth-order valence-electron chi connectivity index (χ4n) is 1.79. The minimum absolute atomic E-state index is 0.0323. The first-order valence-electron chi connectivity index (χ1n) is 6.13. The third kappa shape index (κ3) is 4.48. The van der Waals surface area contributed by atoms with Crippen LogP contribution in [0.5, 0.6) is 0 Å². The van der Waals surface area contributed by atoms with E-state index in [4.69, 9.17) is 17.3 Å². The van der Waals surface area contributed by atoms with Crippen LogP contribution in [0.4, 0.5) is 4.39 Å². The first kappa shape index (κ1) is 15.8. The lowest BCUT2D eigenvalue weighted by molar-refractivity contribution is 0.626. The molecular weight excluding hydrogens is 361 g/mol. The molecule has 1 atom stereocenters. The van der Waals surface area contributed by atoms with E-state index >= 15 is 0 Å². The zero-order valence-electron chi connectivity index (χ0n) is 10.7. The normalized spacial score (nSPS) is 12.4. The molecule has 0 amide bonds. The van der Waals surface area contributed by atoms with Gasteiger partial charge in [-0.1, -0.05) is 29.8 Å². The molecule has 0 aliphatic rings.